The normalized spacial score (nSPS) is 11.7. The highest BCUT2D eigenvalue weighted by Gasteiger charge is 2.26. The van der Waals surface area contributed by atoms with Crippen LogP contribution in [0.1, 0.15) is 23.6 Å². The monoisotopic (exact) mass is 456 g/mol. The summed E-state index contributed by atoms with van der Waals surface area (Å²) >= 11 is 18.2. The zero-order valence-corrected chi connectivity index (χ0v) is 19.0. The summed E-state index contributed by atoms with van der Waals surface area (Å²) in [6.07, 6.45) is 0. The van der Waals surface area contributed by atoms with E-state index in [9.17, 15) is 9.59 Å². The summed E-state index contributed by atoms with van der Waals surface area (Å²) in [6.45, 7) is 5.36. The number of rotatable bonds is 7. The minimum absolute atomic E-state index is 0.187. The van der Waals surface area contributed by atoms with Crippen molar-refractivity contribution in [2.75, 3.05) is 13.7 Å². The van der Waals surface area contributed by atoms with Crippen molar-refractivity contribution in [3.63, 3.8) is 0 Å². The van der Waals surface area contributed by atoms with Crippen LogP contribution in [0.25, 0.3) is 0 Å². The average Bonchev–Trinajstić information content (AvgIpc) is 2.69. The van der Waals surface area contributed by atoms with E-state index < -0.39 is 6.04 Å². The molecular weight excluding hydrogens is 435 g/mol. The van der Waals surface area contributed by atoms with Crippen molar-refractivity contribution in [3.05, 3.63) is 62.1 Å². The van der Waals surface area contributed by atoms with E-state index in [1.165, 1.54) is 11.9 Å². The van der Waals surface area contributed by atoms with Crippen LogP contribution in [0.3, 0.4) is 0 Å². The third-order valence-electron chi connectivity index (χ3n) is 4.52. The molecule has 0 spiro atoms. The molecule has 156 valence electrons. The van der Waals surface area contributed by atoms with Crippen molar-refractivity contribution in [1.29, 1.82) is 0 Å². The van der Waals surface area contributed by atoms with Gasteiger partial charge < -0.3 is 15.0 Å². The molecule has 1 N–H and O–H groups in total. The standard InChI is InChI=1S/C21H23Cl3N2O3/c1-12-7-16(8-13(2)20(12)24)29-11-19(27)26(14(3)21(28)25-4)10-15-5-6-17(22)18(23)9-15/h5-9,14H,10-11H2,1-4H3,(H,25,28)/t14-/m1/s1. The number of hydrogen-bond donors (Lipinski definition) is 1. The highest BCUT2D eigenvalue weighted by Crippen LogP contribution is 2.26. The van der Waals surface area contributed by atoms with E-state index in [2.05, 4.69) is 5.32 Å². The lowest BCUT2D eigenvalue weighted by atomic mass is 10.1. The van der Waals surface area contributed by atoms with Gasteiger partial charge in [-0.25, -0.2) is 0 Å². The summed E-state index contributed by atoms with van der Waals surface area (Å²) in [5.41, 5.74) is 2.47. The van der Waals surface area contributed by atoms with Gasteiger partial charge >= 0.3 is 0 Å². The Bertz CT molecular complexity index is 895. The van der Waals surface area contributed by atoms with Crippen molar-refractivity contribution in [2.24, 2.45) is 0 Å². The SMILES string of the molecule is CNC(=O)[C@@H](C)N(Cc1ccc(Cl)c(Cl)c1)C(=O)COc1cc(C)c(Cl)c(C)c1. The first-order chi connectivity index (χ1) is 13.6. The van der Waals surface area contributed by atoms with Crippen LogP contribution in [0.15, 0.2) is 30.3 Å². The van der Waals surface area contributed by atoms with Gasteiger partial charge in [-0.3, -0.25) is 9.59 Å². The first-order valence-corrected chi connectivity index (χ1v) is 10.1. The largest absolute Gasteiger partial charge is 0.484 e. The van der Waals surface area contributed by atoms with Crippen molar-refractivity contribution >= 4 is 46.6 Å². The Morgan fingerprint density at radius 3 is 2.24 bits per heavy atom. The van der Waals surface area contributed by atoms with E-state index in [1.807, 2.05) is 13.8 Å². The van der Waals surface area contributed by atoms with Gasteiger partial charge in [0, 0.05) is 18.6 Å². The van der Waals surface area contributed by atoms with Crippen LogP contribution in [0, 0.1) is 13.8 Å². The highest BCUT2D eigenvalue weighted by molar-refractivity contribution is 6.42. The van der Waals surface area contributed by atoms with Gasteiger partial charge in [-0.2, -0.15) is 0 Å². The van der Waals surface area contributed by atoms with Crippen molar-refractivity contribution in [3.8, 4) is 5.75 Å². The van der Waals surface area contributed by atoms with Crippen LogP contribution in [-0.4, -0.2) is 36.4 Å². The summed E-state index contributed by atoms with van der Waals surface area (Å²) < 4.78 is 5.68. The number of ether oxygens (including phenoxy) is 1. The molecule has 0 bridgehead atoms. The lowest BCUT2D eigenvalue weighted by Crippen LogP contribution is -2.48. The number of halogens is 3. The Morgan fingerprint density at radius 2 is 1.69 bits per heavy atom. The van der Waals surface area contributed by atoms with Gasteiger partial charge in [0.15, 0.2) is 6.61 Å². The maximum atomic E-state index is 12.9. The quantitative estimate of drug-likeness (QED) is 0.649. The molecular formula is C21H23Cl3N2O3. The number of hydrogen-bond acceptors (Lipinski definition) is 3. The number of nitrogens with zero attached hydrogens (tertiary/aromatic N) is 1. The minimum atomic E-state index is -0.695. The van der Waals surface area contributed by atoms with Crippen LogP contribution < -0.4 is 10.1 Å². The maximum absolute atomic E-state index is 12.9. The molecule has 0 heterocycles. The van der Waals surface area contributed by atoms with E-state index in [-0.39, 0.29) is 25.0 Å². The van der Waals surface area contributed by atoms with Crippen LogP contribution in [-0.2, 0) is 16.1 Å². The number of aryl methyl sites for hydroxylation is 2. The molecule has 2 aromatic rings. The zero-order chi connectivity index (χ0) is 21.7. The maximum Gasteiger partial charge on any atom is 0.261 e. The molecule has 0 saturated heterocycles. The molecule has 29 heavy (non-hydrogen) atoms. The molecule has 1 atom stereocenters. The fourth-order valence-corrected chi connectivity index (χ4v) is 3.27. The predicted molar refractivity (Wildman–Crippen MR) is 117 cm³/mol. The van der Waals surface area contributed by atoms with Crippen molar-refractivity contribution < 1.29 is 14.3 Å². The Hall–Kier alpha value is -1.95. The number of carbonyl (C=O) groups is 2. The molecule has 0 aliphatic heterocycles. The molecule has 0 saturated carbocycles. The van der Waals surface area contributed by atoms with E-state index in [0.717, 1.165) is 16.7 Å². The number of nitrogens with one attached hydrogen (secondary N) is 1. The van der Waals surface area contributed by atoms with Crippen molar-refractivity contribution in [2.45, 2.75) is 33.4 Å². The fraction of sp³-hybridized carbons (Fsp3) is 0.333. The van der Waals surface area contributed by atoms with Crippen LogP contribution >= 0.6 is 34.8 Å². The van der Waals surface area contributed by atoms with Gasteiger partial charge in [0.05, 0.1) is 10.0 Å². The molecule has 0 unspecified atom stereocenters. The summed E-state index contributed by atoms with van der Waals surface area (Å²) in [6, 6.07) is 7.94. The molecule has 0 aliphatic carbocycles. The Labute approximate surface area is 185 Å². The van der Waals surface area contributed by atoms with Gasteiger partial charge in [-0.15, -0.1) is 0 Å². The average molecular weight is 458 g/mol. The van der Waals surface area contributed by atoms with Gasteiger partial charge in [0.2, 0.25) is 5.91 Å². The lowest BCUT2D eigenvalue weighted by Gasteiger charge is -2.28. The summed E-state index contributed by atoms with van der Waals surface area (Å²) in [5.74, 6) is -0.0751. The second kappa shape index (κ2) is 10.2. The van der Waals surface area contributed by atoms with Crippen LogP contribution in [0.2, 0.25) is 15.1 Å². The second-order valence-corrected chi connectivity index (χ2v) is 7.91. The summed E-state index contributed by atoms with van der Waals surface area (Å²) in [7, 11) is 1.52. The van der Waals surface area contributed by atoms with Crippen molar-refractivity contribution in [1.82, 2.24) is 10.2 Å². The Morgan fingerprint density at radius 1 is 1.07 bits per heavy atom. The zero-order valence-electron chi connectivity index (χ0n) is 16.7. The smallest absolute Gasteiger partial charge is 0.261 e. The molecule has 2 rings (SSSR count). The Balaban J connectivity index is 2.19. The molecule has 8 heteroatoms. The third-order valence-corrected chi connectivity index (χ3v) is 5.86. The topological polar surface area (TPSA) is 58.6 Å². The molecule has 2 aromatic carbocycles. The summed E-state index contributed by atoms with van der Waals surface area (Å²) in [5, 5.41) is 4.03. The van der Waals surface area contributed by atoms with Crippen LogP contribution in [0.5, 0.6) is 5.75 Å². The molecule has 0 radical (unpaired) electrons. The highest BCUT2D eigenvalue weighted by atomic mass is 35.5. The van der Waals surface area contributed by atoms with Gasteiger partial charge in [-0.1, -0.05) is 40.9 Å². The fourth-order valence-electron chi connectivity index (χ4n) is 2.84. The number of benzene rings is 2. The van der Waals surface area contributed by atoms with Gasteiger partial charge in [0.25, 0.3) is 5.91 Å². The summed E-state index contributed by atoms with van der Waals surface area (Å²) in [4.78, 5) is 26.5. The minimum Gasteiger partial charge on any atom is -0.484 e. The van der Waals surface area contributed by atoms with Gasteiger partial charge in [0.1, 0.15) is 11.8 Å². The molecule has 0 aliphatic rings. The molecule has 0 aromatic heterocycles. The van der Waals surface area contributed by atoms with Gasteiger partial charge in [-0.05, 0) is 61.7 Å². The van der Waals surface area contributed by atoms with E-state index in [1.54, 1.807) is 37.3 Å². The van der Waals surface area contributed by atoms with E-state index in [0.29, 0.717) is 20.8 Å². The molecule has 0 fully saturated rings. The number of amides is 2. The predicted octanol–water partition coefficient (Wildman–Crippen LogP) is 4.81. The first-order valence-electron chi connectivity index (χ1n) is 8.98. The lowest BCUT2D eigenvalue weighted by molar-refractivity contribution is -0.142. The molecule has 2 amide bonds. The van der Waals surface area contributed by atoms with Crippen LogP contribution in [0.4, 0.5) is 0 Å². The second-order valence-electron chi connectivity index (χ2n) is 6.72. The number of carbonyl (C=O) groups excluding carboxylic acids is 2. The first kappa shape index (κ1) is 23.3. The third kappa shape index (κ3) is 6.01. The Kier molecular flexibility index (Phi) is 8.20. The number of likely N-dealkylation sites (N-methyl/N-ethyl adjacent to an activating group) is 1. The van der Waals surface area contributed by atoms with E-state index in [4.69, 9.17) is 39.5 Å². The van der Waals surface area contributed by atoms with E-state index >= 15 is 0 Å². The molecule has 5 nitrogen and oxygen atoms in total.